The van der Waals surface area contributed by atoms with Crippen LogP contribution in [0.25, 0.3) is 0 Å². The number of rotatable bonds is 5. The fourth-order valence-corrected chi connectivity index (χ4v) is 2.18. The summed E-state index contributed by atoms with van der Waals surface area (Å²) >= 11 is 2.04. The second-order valence-corrected chi connectivity index (χ2v) is 5.69. The molecule has 1 unspecified atom stereocenters. The van der Waals surface area contributed by atoms with Crippen molar-refractivity contribution in [3.63, 3.8) is 0 Å². The third-order valence-electron chi connectivity index (χ3n) is 2.61. The van der Waals surface area contributed by atoms with E-state index in [1.165, 1.54) is 11.8 Å². The van der Waals surface area contributed by atoms with E-state index in [0.29, 0.717) is 5.56 Å². The standard InChI is InChI=1S/C14H17IN2O4/c1-9(14(20)17(2)3)21-12(18)8-16-13(19)10-6-4-5-7-11(10)15/h4-7,9H,8H2,1-3H3,(H,16,19). The summed E-state index contributed by atoms with van der Waals surface area (Å²) in [6.45, 7) is 1.21. The first-order chi connectivity index (χ1) is 9.82. The normalized spacial score (nSPS) is 11.4. The van der Waals surface area contributed by atoms with Gasteiger partial charge in [-0.05, 0) is 41.6 Å². The van der Waals surface area contributed by atoms with Gasteiger partial charge in [-0.2, -0.15) is 0 Å². The third-order valence-corrected chi connectivity index (χ3v) is 3.55. The van der Waals surface area contributed by atoms with Crippen molar-refractivity contribution in [2.24, 2.45) is 0 Å². The molecule has 1 N–H and O–H groups in total. The van der Waals surface area contributed by atoms with Gasteiger partial charge in [0.25, 0.3) is 11.8 Å². The first-order valence-corrected chi connectivity index (χ1v) is 7.34. The predicted molar refractivity (Wildman–Crippen MR) is 85.7 cm³/mol. The Morgan fingerprint density at radius 1 is 1.29 bits per heavy atom. The van der Waals surface area contributed by atoms with Gasteiger partial charge in [-0.15, -0.1) is 0 Å². The zero-order valence-corrected chi connectivity index (χ0v) is 14.2. The number of nitrogens with one attached hydrogen (secondary N) is 1. The largest absolute Gasteiger partial charge is 0.451 e. The van der Waals surface area contributed by atoms with Gasteiger partial charge in [0, 0.05) is 17.7 Å². The summed E-state index contributed by atoms with van der Waals surface area (Å²) in [6, 6.07) is 7.03. The van der Waals surface area contributed by atoms with E-state index in [1.54, 1.807) is 32.3 Å². The van der Waals surface area contributed by atoms with Crippen LogP contribution in [-0.2, 0) is 14.3 Å². The van der Waals surface area contributed by atoms with E-state index in [-0.39, 0.29) is 18.4 Å². The molecule has 0 spiro atoms. The highest BCUT2D eigenvalue weighted by atomic mass is 127. The van der Waals surface area contributed by atoms with Crippen LogP contribution in [0.15, 0.2) is 24.3 Å². The van der Waals surface area contributed by atoms with Crippen molar-refractivity contribution in [1.82, 2.24) is 10.2 Å². The van der Waals surface area contributed by atoms with Crippen molar-refractivity contribution in [3.05, 3.63) is 33.4 Å². The van der Waals surface area contributed by atoms with Gasteiger partial charge in [-0.1, -0.05) is 12.1 Å². The summed E-state index contributed by atoms with van der Waals surface area (Å²) in [5, 5.41) is 2.47. The van der Waals surface area contributed by atoms with Crippen LogP contribution in [0.1, 0.15) is 17.3 Å². The minimum absolute atomic E-state index is 0.283. The number of amides is 2. The molecule has 1 aromatic carbocycles. The second kappa shape index (κ2) is 7.96. The Morgan fingerprint density at radius 3 is 2.48 bits per heavy atom. The van der Waals surface area contributed by atoms with Crippen molar-refractivity contribution in [3.8, 4) is 0 Å². The summed E-state index contributed by atoms with van der Waals surface area (Å²) < 4.78 is 5.73. The fourth-order valence-electron chi connectivity index (χ4n) is 1.55. The lowest BCUT2D eigenvalue weighted by molar-refractivity contribution is -0.157. The van der Waals surface area contributed by atoms with Crippen molar-refractivity contribution in [2.45, 2.75) is 13.0 Å². The molecule has 0 bridgehead atoms. The SMILES string of the molecule is CC(OC(=O)CNC(=O)c1ccccc1I)C(=O)N(C)C. The Hall–Kier alpha value is -1.64. The molecule has 114 valence electrons. The Bertz CT molecular complexity index is 546. The van der Waals surface area contributed by atoms with Crippen LogP contribution in [0.3, 0.4) is 0 Å². The van der Waals surface area contributed by atoms with Crippen LogP contribution >= 0.6 is 22.6 Å². The van der Waals surface area contributed by atoms with Crippen LogP contribution < -0.4 is 5.32 Å². The molecule has 0 aliphatic carbocycles. The summed E-state index contributed by atoms with van der Waals surface area (Å²) in [5.74, 6) is -1.33. The van der Waals surface area contributed by atoms with Gasteiger partial charge < -0.3 is 15.0 Å². The summed E-state index contributed by atoms with van der Waals surface area (Å²) in [5.41, 5.74) is 0.489. The fraction of sp³-hybridized carbons (Fsp3) is 0.357. The second-order valence-electron chi connectivity index (χ2n) is 4.53. The van der Waals surface area contributed by atoms with Gasteiger partial charge in [-0.25, -0.2) is 0 Å². The van der Waals surface area contributed by atoms with Crippen LogP contribution in [-0.4, -0.2) is 49.4 Å². The summed E-state index contributed by atoms with van der Waals surface area (Å²) in [6.07, 6.45) is -0.874. The predicted octanol–water partition coefficient (Wildman–Crippen LogP) is 1.04. The third kappa shape index (κ3) is 5.33. The molecule has 1 atom stereocenters. The molecule has 21 heavy (non-hydrogen) atoms. The van der Waals surface area contributed by atoms with Crippen LogP contribution in [0.2, 0.25) is 0 Å². The number of halogens is 1. The molecule has 1 aromatic rings. The number of nitrogens with zero attached hydrogens (tertiary/aromatic N) is 1. The van der Waals surface area contributed by atoms with Crippen LogP contribution in [0, 0.1) is 3.57 Å². The Kier molecular flexibility index (Phi) is 6.60. The number of likely N-dealkylation sites (N-methyl/N-ethyl adjacent to an activating group) is 1. The molecule has 0 fully saturated rings. The molecule has 7 heteroatoms. The van der Waals surface area contributed by atoms with Gasteiger partial charge >= 0.3 is 5.97 Å². The van der Waals surface area contributed by atoms with Gasteiger partial charge in [0.15, 0.2) is 6.10 Å². The highest BCUT2D eigenvalue weighted by Crippen LogP contribution is 2.10. The van der Waals surface area contributed by atoms with Crippen LogP contribution in [0.5, 0.6) is 0 Å². The lowest BCUT2D eigenvalue weighted by Crippen LogP contribution is -2.38. The Balaban J connectivity index is 2.49. The Labute approximate surface area is 137 Å². The maximum atomic E-state index is 11.9. The first-order valence-electron chi connectivity index (χ1n) is 6.26. The maximum absolute atomic E-state index is 11.9. The maximum Gasteiger partial charge on any atom is 0.326 e. The molecule has 0 aliphatic heterocycles. The van der Waals surface area contributed by atoms with E-state index in [0.717, 1.165) is 3.57 Å². The number of carbonyl (C=O) groups excluding carboxylic acids is 3. The monoisotopic (exact) mass is 404 g/mol. The number of benzene rings is 1. The van der Waals surface area contributed by atoms with E-state index in [4.69, 9.17) is 4.74 Å². The van der Waals surface area contributed by atoms with E-state index in [1.807, 2.05) is 28.7 Å². The van der Waals surface area contributed by atoms with E-state index in [2.05, 4.69) is 5.32 Å². The molecule has 1 rings (SSSR count). The van der Waals surface area contributed by atoms with E-state index >= 15 is 0 Å². The van der Waals surface area contributed by atoms with Crippen molar-refractivity contribution in [2.75, 3.05) is 20.6 Å². The Morgan fingerprint density at radius 2 is 1.90 bits per heavy atom. The number of esters is 1. The molecule has 0 aromatic heterocycles. The van der Waals surface area contributed by atoms with Crippen molar-refractivity contribution in [1.29, 1.82) is 0 Å². The first kappa shape index (κ1) is 17.4. The molecule has 0 radical (unpaired) electrons. The molecule has 2 amide bonds. The van der Waals surface area contributed by atoms with E-state index < -0.39 is 12.1 Å². The summed E-state index contributed by atoms with van der Waals surface area (Å²) in [4.78, 5) is 36.4. The zero-order chi connectivity index (χ0) is 16.0. The number of hydrogen-bond acceptors (Lipinski definition) is 4. The average Bonchev–Trinajstić information content (AvgIpc) is 2.44. The van der Waals surface area contributed by atoms with Crippen molar-refractivity contribution < 1.29 is 19.1 Å². The lowest BCUT2D eigenvalue weighted by Gasteiger charge is -2.17. The number of hydrogen-bond donors (Lipinski definition) is 1. The number of ether oxygens (including phenoxy) is 1. The molecule has 0 aliphatic rings. The molecule has 6 nitrogen and oxygen atoms in total. The molecule has 0 heterocycles. The molecule has 0 saturated carbocycles. The summed E-state index contributed by atoms with van der Waals surface area (Å²) in [7, 11) is 3.15. The lowest BCUT2D eigenvalue weighted by atomic mass is 10.2. The minimum atomic E-state index is -0.874. The van der Waals surface area contributed by atoms with E-state index in [9.17, 15) is 14.4 Å². The average molecular weight is 404 g/mol. The topological polar surface area (TPSA) is 75.7 Å². The zero-order valence-electron chi connectivity index (χ0n) is 12.1. The highest BCUT2D eigenvalue weighted by molar-refractivity contribution is 14.1. The number of carbonyl (C=O) groups is 3. The molecule has 0 saturated heterocycles. The highest BCUT2D eigenvalue weighted by Gasteiger charge is 2.19. The molecular weight excluding hydrogens is 387 g/mol. The van der Waals surface area contributed by atoms with Gasteiger partial charge in [0.05, 0.1) is 5.56 Å². The van der Waals surface area contributed by atoms with Gasteiger partial charge in [0.2, 0.25) is 0 Å². The minimum Gasteiger partial charge on any atom is -0.451 e. The van der Waals surface area contributed by atoms with Crippen molar-refractivity contribution >= 4 is 40.4 Å². The molecular formula is C14H17IN2O4. The van der Waals surface area contributed by atoms with Crippen LogP contribution in [0.4, 0.5) is 0 Å². The quantitative estimate of drug-likeness (QED) is 0.588. The van der Waals surface area contributed by atoms with Gasteiger partial charge in [0.1, 0.15) is 6.54 Å². The van der Waals surface area contributed by atoms with Gasteiger partial charge in [-0.3, -0.25) is 14.4 Å². The smallest absolute Gasteiger partial charge is 0.326 e.